The van der Waals surface area contributed by atoms with Crippen molar-refractivity contribution in [3.8, 4) is 11.3 Å². The molecule has 0 amide bonds. The van der Waals surface area contributed by atoms with Crippen LogP contribution in [0.15, 0.2) is 34.9 Å². The molecule has 0 unspecified atom stereocenters. The normalized spacial score (nSPS) is 12.1. The van der Waals surface area contributed by atoms with Gasteiger partial charge in [0.15, 0.2) is 5.82 Å². The van der Waals surface area contributed by atoms with Crippen LogP contribution in [0.1, 0.15) is 19.5 Å². The molecule has 2 aromatic rings. The molecule has 9 heteroatoms. The molecule has 0 aliphatic carbocycles. The first-order valence-corrected chi connectivity index (χ1v) is 8.61. The van der Waals surface area contributed by atoms with E-state index in [0.717, 1.165) is 6.21 Å². The highest BCUT2D eigenvalue weighted by Crippen LogP contribution is 2.27. The van der Waals surface area contributed by atoms with Gasteiger partial charge in [-0.25, -0.2) is 14.5 Å². The molecule has 1 aromatic heterocycles. The van der Waals surface area contributed by atoms with E-state index >= 15 is 0 Å². The molecule has 0 atom stereocenters. The molecule has 2 N–H and O–H groups in total. The van der Waals surface area contributed by atoms with Gasteiger partial charge in [0, 0.05) is 18.7 Å². The van der Waals surface area contributed by atoms with Crippen LogP contribution < -0.4 is 10.0 Å². The first kappa shape index (κ1) is 18.0. The predicted molar refractivity (Wildman–Crippen MR) is 91.7 cm³/mol. The molecule has 0 radical (unpaired) electrons. The van der Waals surface area contributed by atoms with Crippen LogP contribution in [0.5, 0.6) is 0 Å². The van der Waals surface area contributed by atoms with Gasteiger partial charge in [0.1, 0.15) is 17.2 Å². The number of halogens is 1. The van der Waals surface area contributed by atoms with Crippen LogP contribution >= 0.6 is 0 Å². The van der Waals surface area contributed by atoms with E-state index < -0.39 is 10.2 Å². The summed E-state index contributed by atoms with van der Waals surface area (Å²) in [6.07, 6.45) is 2.42. The lowest BCUT2D eigenvalue weighted by Crippen LogP contribution is -2.27. The Morgan fingerprint density at radius 2 is 1.92 bits per heavy atom. The molecule has 1 heterocycles. The molecule has 0 fully saturated rings. The monoisotopic (exact) mass is 351 g/mol. The Hall–Kier alpha value is -2.39. The molecule has 0 bridgehead atoms. The van der Waals surface area contributed by atoms with Crippen LogP contribution in [0.3, 0.4) is 0 Å². The number of aromatic nitrogens is 2. The maximum Gasteiger partial charge on any atom is 0.317 e. The highest BCUT2D eigenvalue weighted by molar-refractivity contribution is 7.87. The summed E-state index contributed by atoms with van der Waals surface area (Å²) < 4.78 is 38.2. The summed E-state index contributed by atoms with van der Waals surface area (Å²) >= 11 is 0. The maximum absolute atomic E-state index is 13.1. The Morgan fingerprint density at radius 3 is 2.46 bits per heavy atom. The van der Waals surface area contributed by atoms with Crippen molar-refractivity contribution in [3.05, 3.63) is 42.0 Å². The average Bonchev–Trinajstić information content (AvgIpc) is 2.52. The van der Waals surface area contributed by atoms with Crippen LogP contribution in [0.25, 0.3) is 11.3 Å². The summed E-state index contributed by atoms with van der Waals surface area (Å²) in [6.45, 7) is 3.95. The first-order chi connectivity index (χ1) is 11.2. The number of hydrogen-bond donors (Lipinski definition) is 1. The molecular weight excluding hydrogens is 333 g/mol. The van der Waals surface area contributed by atoms with Crippen LogP contribution in [-0.4, -0.2) is 37.7 Å². The Morgan fingerprint density at radius 1 is 1.29 bits per heavy atom. The zero-order valence-corrected chi connectivity index (χ0v) is 14.3. The third-order valence-corrected chi connectivity index (χ3v) is 3.73. The van der Waals surface area contributed by atoms with E-state index in [-0.39, 0.29) is 17.6 Å². The molecule has 2 rings (SSSR count). The van der Waals surface area contributed by atoms with Crippen molar-refractivity contribution in [3.63, 3.8) is 0 Å². The SMILES string of the molecule is CC(C)N(C)c1nc(C=NS(N)(=O)=O)cnc1-c1ccc(F)cc1. The maximum atomic E-state index is 13.1. The number of nitrogens with two attached hydrogens (primary N) is 1. The minimum atomic E-state index is -3.99. The van der Waals surface area contributed by atoms with Crippen molar-refractivity contribution in [1.29, 1.82) is 0 Å². The minimum Gasteiger partial charge on any atom is -0.355 e. The molecule has 7 nitrogen and oxygen atoms in total. The summed E-state index contributed by atoms with van der Waals surface area (Å²) in [4.78, 5) is 10.6. The van der Waals surface area contributed by atoms with Gasteiger partial charge in [0.2, 0.25) is 0 Å². The van der Waals surface area contributed by atoms with Crippen LogP contribution in [-0.2, 0) is 10.2 Å². The Labute approximate surface area is 140 Å². The van der Waals surface area contributed by atoms with E-state index in [4.69, 9.17) is 5.14 Å². The predicted octanol–water partition coefficient (Wildman–Crippen LogP) is 1.75. The summed E-state index contributed by atoms with van der Waals surface area (Å²) in [7, 11) is -2.16. The van der Waals surface area contributed by atoms with E-state index in [1.165, 1.54) is 18.3 Å². The third-order valence-electron chi connectivity index (χ3n) is 3.33. The quantitative estimate of drug-likeness (QED) is 0.827. The average molecular weight is 351 g/mol. The largest absolute Gasteiger partial charge is 0.355 e. The first-order valence-electron chi connectivity index (χ1n) is 7.11. The topological polar surface area (TPSA) is 102 Å². The van der Waals surface area contributed by atoms with Gasteiger partial charge < -0.3 is 4.90 Å². The fourth-order valence-electron chi connectivity index (χ4n) is 1.88. The number of anilines is 1. The number of rotatable bonds is 5. The Balaban J connectivity index is 2.54. The van der Waals surface area contributed by atoms with Gasteiger partial charge in [0.25, 0.3) is 0 Å². The second kappa shape index (κ2) is 7.02. The summed E-state index contributed by atoms with van der Waals surface area (Å²) in [5, 5.41) is 4.84. The summed E-state index contributed by atoms with van der Waals surface area (Å²) in [5.74, 6) is 0.178. The van der Waals surface area contributed by atoms with Crippen LogP contribution in [0.4, 0.5) is 10.2 Å². The Bertz CT molecular complexity index is 851. The van der Waals surface area contributed by atoms with E-state index in [1.807, 2.05) is 25.8 Å². The molecule has 0 saturated heterocycles. The van der Waals surface area contributed by atoms with Crippen LogP contribution in [0.2, 0.25) is 0 Å². The smallest absolute Gasteiger partial charge is 0.317 e. The van der Waals surface area contributed by atoms with Crippen molar-refractivity contribution < 1.29 is 12.8 Å². The fraction of sp³-hybridized carbons (Fsp3) is 0.267. The Kier molecular flexibility index (Phi) is 5.25. The fourth-order valence-corrected chi connectivity index (χ4v) is 2.14. The van der Waals surface area contributed by atoms with E-state index in [0.29, 0.717) is 17.1 Å². The van der Waals surface area contributed by atoms with Gasteiger partial charge >= 0.3 is 10.2 Å². The highest BCUT2D eigenvalue weighted by atomic mass is 32.2. The lowest BCUT2D eigenvalue weighted by molar-refractivity contribution is 0.600. The molecule has 1 aromatic carbocycles. The molecular formula is C15H18FN5O2S. The highest BCUT2D eigenvalue weighted by Gasteiger charge is 2.16. The van der Waals surface area contributed by atoms with Gasteiger partial charge in [-0.2, -0.15) is 12.8 Å². The van der Waals surface area contributed by atoms with Crippen molar-refractivity contribution in [2.45, 2.75) is 19.9 Å². The van der Waals surface area contributed by atoms with Crippen molar-refractivity contribution in [2.24, 2.45) is 9.54 Å². The number of hydrogen-bond acceptors (Lipinski definition) is 5. The van der Waals surface area contributed by atoms with Gasteiger partial charge in [-0.05, 0) is 38.1 Å². The zero-order chi connectivity index (χ0) is 17.9. The molecule has 24 heavy (non-hydrogen) atoms. The lowest BCUT2D eigenvalue weighted by Gasteiger charge is -2.24. The van der Waals surface area contributed by atoms with Gasteiger partial charge in [-0.15, -0.1) is 0 Å². The second-order valence-corrected chi connectivity index (χ2v) is 6.67. The van der Waals surface area contributed by atoms with Gasteiger partial charge in [0.05, 0.1) is 12.4 Å². The van der Waals surface area contributed by atoms with Crippen molar-refractivity contribution >= 4 is 22.2 Å². The van der Waals surface area contributed by atoms with Crippen LogP contribution in [0, 0.1) is 5.82 Å². The molecule has 0 saturated carbocycles. The molecule has 0 spiro atoms. The second-order valence-electron chi connectivity index (χ2n) is 5.43. The third kappa shape index (κ3) is 4.56. The van der Waals surface area contributed by atoms with E-state index in [1.54, 1.807) is 12.1 Å². The molecule has 128 valence electrons. The lowest BCUT2D eigenvalue weighted by atomic mass is 10.1. The number of nitrogens with zero attached hydrogens (tertiary/aromatic N) is 4. The molecule has 0 aliphatic rings. The van der Waals surface area contributed by atoms with Gasteiger partial charge in [-0.1, -0.05) is 0 Å². The minimum absolute atomic E-state index is 0.115. The van der Waals surface area contributed by atoms with Gasteiger partial charge in [-0.3, -0.25) is 4.98 Å². The van der Waals surface area contributed by atoms with Crippen molar-refractivity contribution in [2.75, 3.05) is 11.9 Å². The summed E-state index contributed by atoms with van der Waals surface area (Å²) in [5.41, 5.74) is 1.50. The van der Waals surface area contributed by atoms with Crippen molar-refractivity contribution in [1.82, 2.24) is 9.97 Å². The standard InChI is InChI=1S/C15H18FN5O2S/c1-10(2)21(3)15-14(11-4-6-12(16)7-5-11)18-8-13(20-15)9-19-24(17,22)23/h4-10H,1-3H3,(H2,17,22,23). The summed E-state index contributed by atoms with van der Waals surface area (Å²) in [6, 6.07) is 6.01. The zero-order valence-electron chi connectivity index (χ0n) is 13.5. The number of benzene rings is 1. The van der Waals surface area contributed by atoms with E-state index in [2.05, 4.69) is 14.4 Å². The molecule has 0 aliphatic heterocycles. The van der Waals surface area contributed by atoms with E-state index in [9.17, 15) is 12.8 Å².